The molecule has 0 aromatic carbocycles. The number of rotatable bonds is 5. The largest absolute Gasteiger partial charge is 0.238 e. The monoisotopic (exact) mass is 150 g/mol. The third-order valence-electron chi connectivity index (χ3n) is 1.82. The van der Waals surface area contributed by atoms with Crippen molar-refractivity contribution in [2.24, 2.45) is 5.92 Å². The fourth-order valence-corrected chi connectivity index (χ4v) is 0.825. The Kier molecular flexibility index (Phi) is 5.55. The first kappa shape index (κ1) is 9.86. The smallest absolute Gasteiger partial charge is 0.211 e. The standard InChI is InChI=1S/C8H16F2/c1-3-7(2)5-4-6-8(9)10/h7-8H,3-6H2,1-2H3. The summed E-state index contributed by atoms with van der Waals surface area (Å²) in [5.41, 5.74) is 0. The summed E-state index contributed by atoms with van der Waals surface area (Å²) in [5.74, 6) is 0.610. The number of hydrogen-bond donors (Lipinski definition) is 0. The summed E-state index contributed by atoms with van der Waals surface area (Å²) in [4.78, 5) is 0. The fourth-order valence-electron chi connectivity index (χ4n) is 0.825. The highest BCUT2D eigenvalue weighted by Crippen LogP contribution is 2.13. The van der Waals surface area contributed by atoms with E-state index < -0.39 is 6.43 Å². The van der Waals surface area contributed by atoms with Crippen LogP contribution in [0.5, 0.6) is 0 Å². The Balaban J connectivity index is 3.03. The normalized spacial score (nSPS) is 14.1. The first-order valence-electron chi connectivity index (χ1n) is 3.95. The Labute approximate surface area is 61.6 Å². The third-order valence-corrected chi connectivity index (χ3v) is 1.82. The van der Waals surface area contributed by atoms with Gasteiger partial charge >= 0.3 is 0 Å². The molecule has 1 atom stereocenters. The SMILES string of the molecule is CCC(C)CCCC(F)F. The molecule has 0 aromatic heterocycles. The lowest BCUT2D eigenvalue weighted by Crippen LogP contribution is -1.95. The van der Waals surface area contributed by atoms with Crippen LogP contribution in [0.2, 0.25) is 0 Å². The predicted octanol–water partition coefficient (Wildman–Crippen LogP) is 3.47. The summed E-state index contributed by atoms with van der Waals surface area (Å²) in [5, 5.41) is 0. The van der Waals surface area contributed by atoms with Crippen molar-refractivity contribution < 1.29 is 8.78 Å². The van der Waals surface area contributed by atoms with E-state index in [1.807, 2.05) is 0 Å². The Morgan fingerprint density at radius 1 is 1.20 bits per heavy atom. The highest BCUT2D eigenvalue weighted by molar-refractivity contribution is 4.51. The zero-order valence-corrected chi connectivity index (χ0v) is 6.74. The molecule has 0 nitrogen and oxygen atoms in total. The summed E-state index contributed by atoms with van der Waals surface area (Å²) in [7, 11) is 0. The zero-order chi connectivity index (χ0) is 7.98. The van der Waals surface area contributed by atoms with E-state index in [0.29, 0.717) is 12.3 Å². The van der Waals surface area contributed by atoms with Crippen LogP contribution in [0, 0.1) is 5.92 Å². The van der Waals surface area contributed by atoms with E-state index in [2.05, 4.69) is 13.8 Å². The molecule has 0 spiro atoms. The molecule has 0 bridgehead atoms. The van der Waals surface area contributed by atoms with Crippen molar-refractivity contribution >= 4 is 0 Å². The molecule has 0 heterocycles. The maximum Gasteiger partial charge on any atom is 0.238 e. The Hall–Kier alpha value is -0.140. The molecule has 0 N–H and O–H groups in total. The number of hydrogen-bond acceptors (Lipinski definition) is 0. The summed E-state index contributed by atoms with van der Waals surface area (Å²) < 4.78 is 23.2. The molecule has 0 aliphatic carbocycles. The van der Waals surface area contributed by atoms with Crippen LogP contribution in [0.15, 0.2) is 0 Å². The van der Waals surface area contributed by atoms with Crippen LogP contribution in [0.4, 0.5) is 8.78 Å². The molecule has 0 aliphatic rings. The topological polar surface area (TPSA) is 0 Å². The lowest BCUT2D eigenvalue weighted by Gasteiger charge is -2.06. The zero-order valence-electron chi connectivity index (χ0n) is 6.74. The van der Waals surface area contributed by atoms with Gasteiger partial charge in [0, 0.05) is 6.42 Å². The first-order chi connectivity index (χ1) is 4.66. The van der Waals surface area contributed by atoms with Gasteiger partial charge in [0.15, 0.2) is 0 Å². The highest BCUT2D eigenvalue weighted by Gasteiger charge is 2.03. The van der Waals surface area contributed by atoms with Crippen molar-refractivity contribution in [1.29, 1.82) is 0 Å². The van der Waals surface area contributed by atoms with E-state index in [1.165, 1.54) is 0 Å². The van der Waals surface area contributed by atoms with Gasteiger partial charge in [0.25, 0.3) is 0 Å². The van der Waals surface area contributed by atoms with E-state index in [-0.39, 0.29) is 6.42 Å². The van der Waals surface area contributed by atoms with Crippen LogP contribution in [0.25, 0.3) is 0 Å². The van der Waals surface area contributed by atoms with Crippen LogP contribution in [-0.2, 0) is 0 Å². The molecule has 2 heteroatoms. The van der Waals surface area contributed by atoms with Crippen molar-refractivity contribution in [2.45, 2.75) is 46.0 Å². The van der Waals surface area contributed by atoms with Crippen molar-refractivity contribution in [3.8, 4) is 0 Å². The third kappa shape index (κ3) is 5.99. The predicted molar refractivity (Wildman–Crippen MR) is 39.3 cm³/mol. The summed E-state index contributed by atoms with van der Waals surface area (Å²) in [6, 6.07) is 0. The summed E-state index contributed by atoms with van der Waals surface area (Å²) >= 11 is 0. The summed E-state index contributed by atoms with van der Waals surface area (Å²) in [6.45, 7) is 4.19. The van der Waals surface area contributed by atoms with Crippen LogP contribution < -0.4 is 0 Å². The lowest BCUT2D eigenvalue weighted by atomic mass is 10.0. The molecule has 0 saturated heterocycles. The molecule has 0 fully saturated rings. The van der Waals surface area contributed by atoms with Gasteiger partial charge in [-0.15, -0.1) is 0 Å². The fraction of sp³-hybridized carbons (Fsp3) is 1.00. The Morgan fingerprint density at radius 2 is 1.80 bits per heavy atom. The quantitative estimate of drug-likeness (QED) is 0.563. The van der Waals surface area contributed by atoms with Gasteiger partial charge in [-0.1, -0.05) is 26.7 Å². The van der Waals surface area contributed by atoms with Crippen molar-refractivity contribution in [2.75, 3.05) is 0 Å². The second-order valence-corrected chi connectivity index (χ2v) is 2.84. The van der Waals surface area contributed by atoms with Gasteiger partial charge in [0.05, 0.1) is 0 Å². The summed E-state index contributed by atoms with van der Waals surface area (Å²) in [6.07, 6.45) is 0.685. The van der Waals surface area contributed by atoms with Gasteiger partial charge in [0.1, 0.15) is 0 Å². The van der Waals surface area contributed by atoms with E-state index in [0.717, 1.165) is 12.8 Å². The Bertz CT molecular complexity index is 71.7. The molecule has 0 radical (unpaired) electrons. The maximum atomic E-state index is 11.6. The average molecular weight is 150 g/mol. The van der Waals surface area contributed by atoms with Crippen LogP contribution in [-0.4, -0.2) is 6.43 Å². The molecule has 0 saturated carbocycles. The average Bonchev–Trinajstić information content (AvgIpc) is 1.87. The minimum atomic E-state index is -2.11. The van der Waals surface area contributed by atoms with Crippen LogP contribution in [0.3, 0.4) is 0 Å². The van der Waals surface area contributed by atoms with E-state index in [9.17, 15) is 8.78 Å². The maximum absolute atomic E-state index is 11.6. The van der Waals surface area contributed by atoms with E-state index in [4.69, 9.17) is 0 Å². The number of alkyl halides is 2. The highest BCUT2D eigenvalue weighted by atomic mass is 19.3. The first-order valence-corrected chi connectivity index (χ1v) is 3.95. The Morgan fingerprint density at radius 3 is 2.20 bits per heavy atom. The molecule has 0 rings (SSSR count). The molecule has 62 valence electrons. The van der Waals surface area contributed by atoms with Gasteiger partial charge in [-0.2, -0.15) is 0 Å². The van der Waals surface area contributed by atoms with Gasteiger partial charge in [0.2, 0.25) is 6.43 Å². The molecule has 10 heavy (non-hydrogen) atoms. The van der Waals surface area contributed by atoms with Crippen molar-refractivity contribution in [3.05, 3.63) is 0 Å². The minimum Gasteiger partial charge on any atom is -0.211 e. The van der Waals surface area contributed by atoms with Gasteiger partial charge < -0.3 is 0 Å². The second kappa shape index (κ2) is 5.63. The molecule has 0 aliphatic heterocycles. The van der Waals surface area contributed by atoms with Gasteiger partial charge in [-0.3, -0.25) is 0 Å². The van der Waals surface area contributed by atoms with E-state index >= 15 is 0 Å². The minimum absolute atomic E-state index is 0.0737. The molecular weight excluding hydrogens is 134 g/mol. The van der Waals surface area contributed by atoms with Crippen LogP contribution in [0.1, 0.15) is 39.5 Å². The molecular formula is C8H16F2. The van der Waals surface area contributed by atoms with Crippen LogP contribution >= 0.6 is 0 Å². The molecule has 0 amide bonds. The van der Waals surface area contributed by atoms with E-state index in [1.54, 1.807) is 0 Å². The molecule has 1 unspecified atom stereocenters. The van der Waals surface area contributed by atoms with Crippen molar-refractivity contribution in [3.63, 3.8) is 0 Å². The second-order valence-electron chi connectivity index (χ2n) is 2.84. The molecule has 0 aromatic rings. The number of halogens is 2. The van der Waals surface area contributed by atoms with Gasteiger partial charge in [-0.25, -0.2) is 8.78 Å². The van der Waals surface area contributed by atoms with Crippen molar-refractivity contribution in [1.82, 2.24) is 0 Å². The lowest BCUT2D eigenvalue weighted by molar-refractivity contribution is 0.132. The van der Waals surface area contributed by atoms with Gasteiger partial charge in [-0.05, 0) is 12.3 Å².